The summed E-state index contributed by atoms with van der Waals surface area (Å²) in [6, 6.07) is 45.0. The van der Waals surface area contributed by atoms with Gasteiger partial charge < -0.3 is 29.6 Å². The molecular weight excluding hydrogens is 572 g/mol. The molecule has 0 saturated heterocycles. The third-order valence-corrected chi connectivity index (χ3v) is 7.99. The zero-order valence-corrected chi connectivity index (χ0v) is 26.4. The van der Waals surface area contributed by atoms with E-state index in [1.54, 1.807) is 28.4 Å². The van der Waals surface area contributed by atoms with Gasteiger partial charge in [-0.1, -0.05) is 97.1 Å². The number of ether oxygens (including phenoxy) is 4. The van der Waals surface area contributed by atoms with Crippen LogP contribution in [0.4, 0.5) is 22.7 Å². The van der Waals surface area contributed by atoms with Crippen LogP contribution in [0.1, 0.15) is 0 Å². The van der Waals surface area contributed by atoms with Crippen LogP contribution in [0, 0.1) is 0 Å². The van der Waals surface area contributed by atoms with E-state index in [0.717, 1.165) is 50.4 Å². The predicted molar refractivity (Wildman–Crippen MR) is 188 cm³/mol. The summed E-state index contributed by atoms with van der Waals surface area (Å²) in [6.07, 6.45) is 0. The van der Waals surface area contributed by atoms with Crippen molar-refractivity contribution in [1.82, 2.24) is 0 Å². The van der Waals surface area contributed by atoms with Gasteiger partial charge in [0, 0.05) is 33.6 Å². The van der Waals surface area contributed by atoms with Crippen LogP contribution in [0.2, 0.25) is 0 Å². The molecule has 0 unspecified atom stereocenters. The zero-order valence-electron chi connectivity index (χ0n) is 26.4. The second kappa shape index (κ2) is 13.4. The minimum Gasteiger partial charge on any atom is -0.492 e. The van der Waals surface area contributed by atoms with E-state index in [0.29, 0.717) is 28.7 Å². The molecular formula is C40H36N2O4. The molecule has 0 aliphatic heterocycles. The highest BCUT2D eigenvalue weighted by Crippen LogP contribution is 2.60. The summed E-state index contributed by atoms with van der Waals surface area (Å²) in [6.45, 7) is 0. The van der Waals surface area contributed by atoms with E-state index < -0.39 is 0 Å². The molecule has 230 valence electrons. The van der Waals surface area contributed by atoms with Crippen LogP contribution in [-0.2, 0) is 0 Å². The maximum atomic E-state index is 6.40. The fourth-order valence-corrected chi connectivity index (χ4v) is 6.07. The van der Waals surface area contributed by atoms with Gasteiger partial charge in [0.15, 0.2) is 23.0 Å². The van der Waals surface area contributed by atoms with Crippen LogP contribution in [0.15, 0.2) is 133 Å². The summed E-state index contributed by atoms with van der Waals surface area (Å²) in [5, 5.41) is 0. The van der Waals surface area contributed by atoms with E-state index >= 15 is 0 Å². The van der Waals surface area contributed by atoms with Gasteiger partial charge in [0.05, 0.1) is 34.1 Å². The first-order chi connectivity index (χ1) is 22.6. The summed E-state index contributed by atoms with van der Waals surface area (Å²) in [7, 11) is 6.55. The van der Waals surface area contributed by atoms with Gasteiger partial charge in [0.2, 0.25) is 0 Å². The lowest BCUT2D eigenvalue weighted by Crippen LogP contribution is -2.14. The molecule has 0 radical (unpaired) electrons. The van der Waals surface area contributed by atoms with Crippen molar-refractivity contribution in [2.75, 3.05) is 39.1 Å². The van der Waals surface area contributed by atoms with Crippen molar-refractivity contribution < 1.29 is 18.9 Å². The van der Waals surface area contributed by atoms with Crippen molar-refractivity contribution >= 4 is 22.7 Å². The zero-order chi connectivity index (χ0) is 32.0. The van der Waals surface area contributed by atoms with Crippen LogP contribution in [0.25, 0.3) is 33.4 Å². The van der Waals surface area contributed by atoms with Gasteiger partial charge in [0.1, 0.15) is 5.69 Å². The highest BCUT2D eigenvalue weighted by molar-refractivity contribution is 6.09. The Balaban J connectivity index is 1.90. The molecule has 0 aliphatic carbocycles. The number of hydrogen-bond donors (Lipinski definition) is 1. The number of rotatable bonds is 10. The van der Waals surface area contributed by atoms with E-state index in [9.17, 15) is 0 Å². The molecule has 0 aliphatic rings. The molecule has 0 heterocycles. The first-order valence-corrected chi connectivity index (χ1v) is 15.0. The van der Waals surface area contributed by atoms with Gasteiger partial charge in [-0.2, -0.15) is 0 Å². The first kappa shape index (κ1) is 30.2. The van der Waals surface area contributed by atoms with Crippen molar-refractivity contribution in [3.63, 3.8) is 0 Å². The number of anilines is 4. The molecule has 6 aromatic carbocycles. The second-order valence-electron chi connectivity index (χ2n) is 10.5. The molecule has 0 atom stereocenters. The van der Waals surface area contributed by atoms with E-state index in [2.05, 4.69) is 53.4 Å². The third kappa shape index (κ3) is 5.35. The molecule has 2 N–H and O–H groups in total. The number of nitrogens with zero attached hydrogens (tertiary/aromatic N) is 1. The van der Waals surface area contributed by atoms with E-state index in [1.807, 2.05) is 84.9 Å². The van der Waals surface area contributed by atoms with Crippen molar-refractivity contribution in [3.8, 4) is 56.4 Å². The Hall–Kier alpha value is -5.88. The Morgan fingerprint density at radius 2 is 0.848 bits per heavy atom. The van der Waals surface area contributed by atoms with E-state index in [4.69, 9.17) is 24.7 Å². The number of para-hydroxylation sites is 2. The first-order valence-electron chi connectivity index (χ1n) is 15.0. The Morgan fingerprint density at radius 3 is 1.30 bits per heavy atom. The second-order valence-corrected chi connectivity index (χ2v) is 10.5. The maximum absolute atomic E-state index is 6.40. The summed E-state index contributed by atoms with van der Waals surface area (Å²) in [5.74, 6) is 2.04. The Bertz CT molecular complexity index is 1890. The third-order valence-electron chi connectivity index (χ3n) is 7.99. The monoisotopic (exact) mass is 608 g/mol. The number of benzene rings is 6. The molecule has 0 bridgehead atoms. The Morgan fingerprint density at radius 1 is 0.413 bits per heavy atom. The molecule has 6 aromatic rings. The number of methoxy groups -OCH3 is 4. The molecule has 0 saturated carbocycles. The molecule has 0 aromatic heterocycles. The van der Waals surface area contributed by atoms with Gasteiger partial charge >= 0.3 is 0 Å². The van der Waals surface area contributed by atoms with Crippen molar-refractivity contribution in [3.05, 3.63) is 133 Å². The number of nitrogen functional groups attached to an aromatic ring is 1. The SMILES string of the molecule is COc1c(N)ccc(-c2c(OC)c(OC)c(N(c3ccccc3)c3ccccc3)c(-c3ccccc3)c2-c2ccccc2)c1OC. The normalized spacial score (nSPS) is 10.7. The highest BCUT2D eigenvalue weighted by Gasteiger charge is 2.34. The van der Waals surface area contributed by atoms with Crippen LogP contribution in [0.5, 0.6) is 23.0 Å². The van der Waals surface area contributed by atoms with Gasteiger partial charge in [-0.25, -0.2) is 0 Å². The Labute approximate surface area is 270 Å². The fraction of sp³-hybridized carbons (Fsp3) is 0.100. The highest BCUT2D eigenvalue weighted by atomic mass is 16.5. The maximum Gasteiger partial charge on any atom is 0.186 e. The molecule has 6 heteroatoms. The minimum atomic E-state index is 0.445. The smallest absolute Gasteiger partial charge is 0.186 e. The van der Waals surface area contributed by atoms with E-state index in [-0.39, 0.29) is 0 Å². The standard InChI is InChI=1S/C40H36N2O4/c1-43-37-31(25-26-32(41)38(37)44-2)35-33(27-17-9-5-10-18-27)34(28-19-11-6-12-20-28)36(40(46-4)39(35)45-3)42(29-21-13-7-14-22-29)30-23-15-8-16-24-30/h5-26H,41H2,1-4H3. The minimum absolute atomic E-state index is 0.445. The van der Waals surface area contributed by atoms with E-state index in [1.165, 1.54) is 0 Å². The summed E-state index contributed by atoms with van der Waals surface area (Å²) >= 11 is 0. The molecule has 46 heavy (non-hydrogen) atoms. The fourth-order valence-electron chi connectivity index (χ4n) is 6.07. The molecule has 6 nitrogen and oxygen atoms in total. The molecule has 0 spiro atoms. The average molecular weight is 609 g/mol. The lowest BCUT2D eigenvalue weighted by atomic mass is 9.84. The lowest BCUT2D eigenvalue weighted by molar-refractivity contribution is 0.353. The predicted octanol–water partition coefficient (Wildman–Crippen LogP) is 9.77. The largest absolute Gasteiger partial charge is 0.492 e. The van der Waals surface area contributed by atoms with Crippen molar-refractivity contribution in [1.29, 1.82) is 0 Å². The van der Waals surface area contributed by atoms with Crippen LogP contribution < -0.4 is 29.6 Å². The summed E-state index contributed by atoms with van der Waals surface area (Å²) < 4.78 is 24.5. The molecule has 6 rings (SSSR count). The van der Waals surface area contributed by atoms with Gasteiger partial charge in [-0.15, -0.1) is 0 Å². The van der Waals surface area contributed by atoms with Gasteiger partial charge in [0.25, 0.3) is 0 Å². The molecule has 0 amide bonds. The summed E-state index contributed by atoms with van der Waals surface area (Å²) in [5.41, 5.74) is 15.0. The molecule has 0 fully saturated rings. The van der Waals surface area contributed by atoms with Crippen LogP contribution in [0.3, 0.4) is 0 Å². The quantitative estimate of drug-likeness (QED) is 0.156. The van der Waals surface area contributed by atoms with Crippen molar-refractivity contribution in [2.24, 2.45) is 0 Å². The lowest BCUT2D eigenvalue weighted by Gasteiger charge is -2.33. The number of nitrogens with two attached hydrogens (primary N) is 1. The van der Waals surface area contributed by atoms with Gasteiger partial charge in [-0.3, -0.25) is 0 Å². The van der Waals surface area contributed by atoms with Crippen LogP contribution in [-0.4, -0.2) is 28.4 Å². The average Bonchev–Trinajstić information content (AvgIpc) is 3.12. The van der Waals surface area contributed by atoms with Crippen molar-refractivity contribution in [2.45, 2.75) is 0 Å². The summed E-state index contributed by atoms with van der Waals surface area (Å²) in [4.78, 5) is 2.22. The van der Waals surface area contributed by atoms with Gasteiger partial charge in [-0.05, 0) is 47.5 Å². The number of hydrogen-bond acceptors (Lipinski definition) is 6. The van der Waals surface area contributed by atoms with Crippen LogP contribution >= 0.6 is 0 Å². The topological polar surface area (TPSA) is 66.2 Å². The Kier molecular flexibility index (Phi) is 8.79.